The average molecular weight is 387 g/mol. The standard InChI is InChI=1S/C16H12F3NO5S/c17-16(18,19)26(22,23)12-4-2-11(3-5-12)15(21)20-8-10-1-6-13-14(7-10)25-9-24-13/h1-7H,8-9H2,(H,20,21). The van der Waals surface area contributed by atoms with Crippen LogP contribution in [0, 0.1) is 0 Å². The number of benzene rings is 2. The van der Waals surface area contributed by atoms with Crippen LogP contribution >= 0.6 is 0 Å². The Morgan fingerprint density at radius 3 is 2.35 bits per heavy atom. The zero-order valence-electron chi connectivity index (χ0n) is 13.0. The highest BCUT2D eigenvalue weighted by Crippen LogP contribution is 2.32. The van der Waals surface area contributed by atoms with Crippen LogP contribution in [0.2, 0.25) is 0 Å². The van der Waals surface area contributed by atoms with Crippen LogP contribution in [0.1, 0.15) is 15.9 Å². The molecule has 0 atom stereocenters. The number of hydrogen-bond donors (Lipinski definition) is 1. The van der Waals surface area contributed by atoms with E-state index in [1.165, 1.54) is 0 Å². The van der Waals surface area contributed by atoms with E-state index >= 15 is 0 Å². The quantitative estimate of drug-likeness (QED) is 0.872. The van der Waals surface area contributed by atoms with E-state index in [1.54, 1.807) is 18.2 Å². The van der Waals surface area contributed by atoms with Crippen LogP contribution in [0.5, 0.6) is 11.5 Å². The molecule has 1 aliphatic rings. The fraction of sp³-hybridized carbons (Fsp3) is 0.188. The Labute approximate surface area is 146 Å². The second kappa shape index (κ2) is 6.52. The van der Waals surface area contributed by atoms with Gasteiger partial charge in [0.2, 0.25) is 6.79 Å². The number of hydrogen-bond acceptors (Lipinski definition) is 5. The lowest BCUT2D eigenvalue weighted by molar-refractivity contribution is -0.0436. The van der Waals surface area contributed by atoms with E-state index in [-0.39, 0.29) is 18.9 Å². The fourth-order valence-electron chi connectivity index (χ4n) is 2.25. The van der Waals surface area contributed by atoms with Gasteiger partial charge in [0.05, 0.1) is 4.90 Å². The molecule has 3 rings (SSSR count). The van der Waals surface area contributed by atoms with E-state index in [4.69, 9.17) is 9.47 Å². The summed E-state index contributed by atoms with van der Waals surface area (Å²) in [6.07, 6.45) is 0. The molecule has 0 bridgehead atoms. The topological polar surface area (TPSA) is 81.7 Å². The SMILES string of the molecule is O=C(NCc1ccc2c(c1)OCO2)c1ccc(S(=O)(=O)C(F)(F)F)cc1. The Kier molecular flexibility index (Phi) is 4.53. The predicted molar refractivity (Wildman–Crippen MR) is 83.4 cm³/mol. The van der Waals surface area contributed by atoms with E-state index in [2.05, 4.69) is 5.32 Å². The summed E-state index contributed by atoms with van der Waals surface area (Å²) in [4.78, 5) is 11.2. The molecule has 0 radical (unpaired) electrons. The minimum atomic E-state index is -5.44. The van der Waals surface area contributed by atoms with E-state index in [0.29, 0.717) is 11.5 Å². The van der Waals surface area contributed by atoms with Gasteiger partial charge in [0.25, 0.3) is 15.7 Å². The first-order valence-corrected chi connectivity index (χ1v) is 8.75. The second-order valence-electron chi connectivity index (χ2n) is 5.34. The number of fused-ring (bicyclic) bond motifs is 1. The predicted octanol–water partition coefficient (Wildman–Crippen LogP) is 2.64. The van der Waals surface area contributed by atoms with Gasteiger partial charge >= 0.3 is 5.51 Å². The van der Waals surface area contributed by atoms with Crippen LogP contribution in [0.25, 0.3) is 0 Å². The molecule has 26 heavy (non-hydrogen) atoms. The third-order valence-corrected chi connectivity index (χ3v) is 5.12. The third kappa shape index (κ3) is 3.45. The highest BCUT2D eigenvalue weighted by Gasteiger charge is 2.46. The summed E-state index contributed by atoms with van der Waals surface area (Å²) in [6, 6.07) is 8.66. The summed E-state index contributed by atoms with van der Waals surface area (Å²) in [7, 11) is -5.44. The molecule has 0 fully saturated rings. The van der Waals surface area contributed by atoms with Crippen LogP contribution in [0.15, 0.2) is 47.4 Å². The maximum atomic E-state index is 12.5. The van der Waals surface area contributed by atoms with Crippen LogP contribution in [-0.2, 0) is 16.4 Å². The Morgan fingerprint density at radius 1 is 1.04 bits per heavy atom. The number of halogens is 3. The van der Waals surface area contributed by atoms with E-state index in [9.17, 15) is 26.4 Å². The molecule has 1 heterocycles. The Hall–Kier alpha value is -2.75. The number of ether oxygens (including phenoxy) is 2. The summed E-state index contributed by atoms with van der Waals surface area (Å²) < 4.78 is 70.5. The number of sulfone groups is 1. The van der Waals surface area contributed by atoms with Gasteiger partial charge in [-0.3, -0.25) is 4.79 Å². The van der Waals surface area contributed by atoms with Crippen LogP contribution in [0.4, 0.5) is 13.2 Å². The molecule has 138 valence electrons. The maximum Gasteiger partial charge on any atom is 0.501 e. The molecular formula is C16H12F3NO5S. The van der Waals surface area contributed by atoms with Gasteiger partial charge in [-0.15, -0.1) is 0 Å². The monoisotopic (exact) mass is 387 g/mol. The van der Waals surface area contributed by atoms with Crippen molar-refractivity contribution in [1.82, 2.24) is 5.32 Å². The molecule has 6 nitrogen and oxygen atoms in total. The molecule has 10 heteroatoms. The molecule has 0 saturated heterocycles. The Balaban J connectivity index is 1.67. The zero-order chi connectivity index (χ0) is 18.9. The lowest BCUT2D eigenvalue weighted by atomic mass is 10.2. The summed E-state index contributed by atoms with van der Waals surface area (Å²) in [6.45, 7) is 0.274. The molecule has 0 aliphatic carbocycles. The van der Waals surface area contributed by atoms with Gasteiger partial charge < -0.3 is 14.8 Å². The van der Waals surface area contributed by atoms with Crippen molar-refractivity contribution < 1.29 is 35.9 Å². The summed E-state index contributed by atoms with van der Waals surface area (Å²) >= 11 is 0. The average Bonchev–Trinajstić information content (AvgIpc) is 3.06. The Bertz CT molecular complexity index is 939. The smallest absolute Gasteiger partial charge is 0.454 e. The fourth-order valence-corrected chi connectivity index (χ4v) is 3.02. The van der Waals surface area contributed by atoms with Crippen molar-refractivity contribution in [3.8, 4) is 11.5 Å². The molecule has 0 saturated carbocycles. The number of rotatable bonds is 4. The van der Waals surface area contributed by atoms with Crippen molar-refractivity contribution in [3.63, 3.8) is 0 Å². The lowest BCUT2D eigenvalue weighted by Crippen LogP contribution is -2.24. The number of alkyl halides is 3. The third-order valence-electron chi connectivity index (χ3n) is 3.62. The highest BCUT2D eigenvalue weighted by molar-refractivity contribution is 7.92. The van der Waals surface area contributed by atoms with Crippen molar-refractivity contribution in [2.24, 2.45) is 0 Å². The van der Waals surface area contributed by atoms with Gasteiger partial charge in [-0.25, -0.2) is 8.42 Å². The number of amides is 1. The second-order valence-corrected chi connectivity index (χ2v) is 7.29. The summed E-state index contributed by atoms with van der Waals surface area (Å²) in [5, 5.41) is 2.59. The van der Waals surface area contributed by atoms with Crippen LogP contribution in [-0.4, -0.2) is 26.6 Å². The van der Waals surface area contributed by atoms with Crippen LogP contribution in [0.3, 0.4) is 0 Å². The van der Waals surface area contributed by atoms with Crippen LogP contribution < -0.4 is 14.8 Å². The number of carbonyl (C=O) groups excluding carboxylic acids is 1. The van der Waals surface area contributed by atoms with Crippen molar-refractivity contribution >= 4 is 15.7 Å². The normalized spacial score (nSPS) is 13.5. The van der Waals surface area contributed by atoms with Gasteiger partial charge in [-0.2, -0.15) is 13.2 Å². The number of nitrogens with one attached hydrogen (secondary N) is 1. The summed E-state index contributed by atoms with van der Waals surface area (Å²) in [5.74, 6) is 0.596. The van der Waals surface area contributed by atoms with Gasteiger partial charge in [0, 0.05) is 12.1 Å². The molecule has 0 aromatic heterocycles. The summed E-state index contributed by atoms with van der Waals surface area (Å²) in [5.41, 5.74) is -4.62. The van der Waals surface area contributed by atoms with Crippen molar-refractivity contribution in [3.05, 3.63) is 53.6 Å². The van der Waals surface area contributed by atoms with Gasteiger partial charge in [-0.05, 0) is 42.0 Å². The lowest BCUT2D eigenvalue weighted by Gasteiger charge is -2.09. The molecule has 0 unspecified atom stereocenters. The Morgan fingerprint density at radius 2 is 1.69 bits per heavy atom. The molecular weight excluding hydrogens is 375 g/mol. The van der Waals surface area contributed by atoms with Crippen molar-refractivity contribution in [2.75, 3.05) is 6.79 Å². The molecule has 2 aromatic carbocycles. The zero-order valence-corrected chi connectivity index (χ0v) is 13.9. The van der Waals surface area contributed by atoms with Crippen molar-refractivity contribution in [1.29, 1.82) is 0 Å². The van der Waals surface area contributed by atoms with Gasteiger partial charge in [0.1, 0.15) is 0 Å². The molecule has 1 amide bonds. The molecule has 0 spiro atoms. The van der Waals surface area contributed by atoms with E-state index in [1.807, 2.05) is 0 Å². The highest BCUT2D eigenvalue weighted by atomic mass is 32.2. The minimum Gasteiger partial charge on any atom is -0.454 e. The van der Waals surface area contributed by atoms with Crippen molar-refractivity contribution in [2.45, 2.75) is 16.9 Å². The first-order valence-electron chi connectivity index (χ1n) is 7.26. The largest absolute Gasteiger partial charge is 0.501 e. The van der Waals surface area contributed by atoms with Gasteiger partial charge in [-0.1, -0.05) is 6.07 Å². The molecule has 2 aromatic rings. The molecule has 1 N–H and O–H groups in total. The number of carbonyl (C=O) groups is 1. The first-order chi connectivity index (χ1) is 12.2. The van der Waals surface area contributed by atoms with Gasteiger partial charge in [0.15, 0.2) is 11.5 Å². The maximum absolute atomic E-state index is 12.5. The van der Waals surface area contributed by atoms with E-state index in [0.717, 1.165) is 29.8 Å². The minimum absolute atomic E-state index is 0.0341. The molecule has 1 aliphatic heterocycles. The van der Waals surface area contributed by atoms with E-state index < -0.39 is 26.1 Å². The first kappa shape index (κ1) is 18.1.